The van der Waals surface area contributed by atoms with Crippen LogP contribution in [0.15, 0.2) is 194 Å². The third kappa shape index (κ3) is 4.50. The number of benzene rings is 8. The Morgan fingerprint density at radius 3 is 1.40 bits per heavy atom. The van der Waals surface area contributed by atoms with Gasteiger partial charge in [-0.3, -0.25) is 0 Å². The summed E-state index contributed by atoms with van der Waals surface area (Å²) in [5.74, 6) is 0. The lowest BCUT2D eigenvalue weighted by molar-refractivity contribution is 1.18. The van der Waals surface area contributed by atoms with Gasteiger partial charge in [0.25, 0.3) is 0 Å². The molecule has 0 amide bonds. The van der Waals surface area contributed by atoms with Gasteiger partial charge in [0.05, 0.1) is 22.1 Å². The second kappa shape index (κ2) is 11.5. The topological polar surface area (TPSA) is 9.86 Å². The van der Waals surface area contributed by atoms with Crippen LogP contribution in [0.5, 0.6) is 0 Å². The van der Waals surface area contributed by atoms with Crippen molar-refractivity contribution in [2.45, 2.75) is 0 Å². The van der Waals surface area contributed by atoms with Crippen LogP contribution in [0.25, 0.3) is 88.4 Å². The predicted molar refractivity (Wildman–Crippen MR) is 211 cm³/mol. The fourth-order valence-corrected chi connectivity index (χ4v) is 7.85. The van der Waals surface area contributed by atoms with Crippen molar-refractivity contribution in [3.63, 3.8) is 0 Å². The first-order valence-electron chi connectivity index (χ1n) is 17.2. The molecular formula is C48H32N2. The van der Waals surface area contributed by atoms with E-state index in [-0.39, 0.29) is 0 Å². The van der Waals surface area contributed by atoms with E-state index in [1.807, 2.05) is 0 Å². The average molecular weight is 637 g/mol. The summed E-state index contributed by atoms with van der Waals surface area (Å²) in [5, 5.41) is 5.00. The molecule has 0 aliphatic heterocycles. The second-order valence-electron chi connectivity index (χ2n) is 13.0. The summed E-state index contributed by atoms with van der Waals surface area (Å²) in [6.07, 6.45) is 0. The van der Waals surface area contributed by atoms with Crippen LogP contribution in [0.3, 0.4) is 0 Å². The fourth-order valence-electron chi connectivity index (χ4n) is 7.85. The molecule has 2 nitrogen and oxygen atoms in total. The molecule has 8 aromatic carbocycles. The van der Waals surface area contributed by atoms with E-state index < -0.39 is 0 Å². The number of hydrogen-bond donors (Lipinski definition) is 0. The Morgan fingerprint density at radius 2 is 0.740 bits per heavy atom. The maximum Gasteiger partial charge on any atom is 0.0619 e. The van der Waals surface area contributed by atoms with Crippen LogP contribution in [-0.4, -0.2) is 9.13 Å². The highest BCUT2D eigenvalue weighted by molar-refractivity contribution is 6.15. The summed E-state index contributed by atoms with van der Waals surface area (Å²) in [7, 11) is 0. The Labute approximate surface area is 290 Å². The molecule has 0 aliphatic carbocycles. The smallest absolute Gasteiger partial charge is 0.0619 e. The molecule has 0 spiro atoms. The molecule has 0 bridgehead atoms. The van der Waals surface area contributed by atoms with Gasteiger partial charge in [0.15, 0.2) is 0 Å². The Balaban J connectivity index is 1.23. The molecule has 2 aromatic heterocycles. The number of fused-ring (bicyclic) bond motifs is 6. The van der Waals surface area contributed by atoms with E-state index in [4.69, 9.17) is 0 Å². The zero-order valence-electron chi connectivity index (χ0n) is 27.4. The average Bonchev–Trinajstić information content (AvgIpc) is 3.71. The van der Waals surface area contributed by atoms with E-state index in [0.717, 1.165) is 11.4 Å². The Kier molecular flexibility index (Phi) is 6.53. The summed E-state index contributed by atoms with van der Waals surface area (Å²) in [5.41, 5.74) is 14.4. The van der Waals surface area contributed by atoms with Gasteiger partial charge < -0.3 is 9.13 Å². The number of rotatable bonds is 5. The van der Waals surface area contributed by atoms with Crippen LogP contribution in [0.4, 0.5) is 0 Å². The summed E-state index contributed by atoms with van der Waals surface area (Å²) >= 11 is 0. The lowest BCUT2D eigenvalue weighted by Crippen LogP contribution is -1.97. The lowest BCUT2D eigenvalue weighted by Gasteiger charge is -2.14. The van der Waals surface area contributed by atoms with Crippen LogP contribution >= 0.6 is 0 Å². The molecule has 10 aromatic rings. The third-order valence-corrected chi connectivity index (χ3v) is 10.1. The third-order valence-electron chi connectivity index (χ3n) is 10.1. The van der Waals surface area contributed by atoms with Crippen LogP contribution < -0.4 is 0 Å². The molecule has 0 atom stereocenters. The van der Waals surface area contributed by atoms with Crippen molar-refractivity contribution < 1.29 is 0 Å². The molecule has 2 heteroatoms. The number of para-hydroxylation sites is 3. The standard InChI is InChI=1S/C48H32N2/c1-3-14-33(15-4-1)35-18-11-20-38(30-35)49-45-26-9-7-22-41(45)43-29-28-37(32-47(43)49)40-24-13-25-44-42-23-8-10-27-46(42)50(48(40)44)39-21-12-19-36(31-39)34-16-5-2-6-17-34/h1-32H. The predicted octanol–water partition coefficient (Wildman–Crippen LogP) is 12.9. The maximum atomic E-state index is 2.45. The van der Waals surface area contributed by atoms with Crippen molar-refractivity contribution in [2.24, 2.45) is 0 Å². The fraction of sp³-hybridized carbons (Fsp3) is 0. The second-order valence-corrected chi connectivity index (χ2v) is 13.0. The van der Waals surface area contributed by atoms with Gasteiger partial charge in [-0.1, -0.05) is 152 Å². The van der Waals surface area contributed by atoms with Gasteiger partial charge in [-0.15, -0.1) is 0 Å². The Bertz CT molecular complexity index is 2860. The van der Waals surface area contributed by atoms with E-state index in [1.54, 1.807) is 0 Å². The van der Waals surface area contributed by atoms with E-state index in [1.165, 1.54) is 77.0 Å². The van der Waals surface area contributed by atoms with E-state index in [0.29, 0.717) is 0 Å². The van der Waals surface area contributed by atoms with E-state index >= 15 is 0 Å². The molecule has 2 heterocycles. The van der Waals surface area contributed by atoms with Gasteiger partial charge in [-0.05, 0) is 70.3 Å². The minimum absolute atomic E-state index is 1.15. The van der Waals surface area contributed by atoms with Crippen molar-refractivity contribution in [1.82, 2.24) is 9.13 Å². The van der Waals surface area contributed by atoms with Crippen LogP contribution in [-0.2, 0) is 0 Å². The molecular weight excluding hydrogens is 605 g/mol. The summed E-state index contributed by atoms with van der Waals surface area (Å²) in [6, 6.07) is 70.4. The molecule has 0 fully saturated rings. The SMILES string of the molecule is c1ccc(-c2cccc(-n3c4ccccc4c4ccc(-c5cccc6c7ccccc7n(-c7cccc(-c8ccccc8)c7)c56)cc43)c2)cc1. The van der Waals surface area contributed by atoms with Crippen LogP contribution in [0.2, 0.25) is 0 Å². The van der Waals surface area contributed by atoms with Crippen molar-refractivity contribution in [1.29, 1.82) is 0 Å². The van der Waals surface area contributed by atoms with Gasteiger partial charge in [-0.2, -0.15) is 0 Å². The quantitative estimate of drug-likeness (QED) is 0.178. The van der Waals surface area contributed by atoms with Gasteiger partial charge in [0.2, 0.25) is 0 Å². The molecule has 10 rings (SSSR count). The minimum Gasteiger partial charge on any atom is -0.309 e. The molecule has 0 aliphatic rings. The Hall–Kier alpha value is -6.64. The molecule has 0 saturated heterocycles. The summed E-state index contributed by atoms with van der Waals surface area (Å²) < 4.78 is 4.88. The Morgan fingerprint density at radius 1 is 0.260 bits per heavy atom. The number of aromatic nitrogens is 2. The number of hydrogen-bond acceptors (Lipinski definition) is 0. The van der Waals surface area contributed by atoms with Crippen LogP contribution in [0, 0.1) is 0 Å². The normalized spacial score (nSPS) is 11.6. The van der Waals surface area contributed by atoms with Gasteiger partial charge in [0, 0.05) is 38.5 Å². The summed E-state index contributed by atoms with van der Waals surface area (Å²) in [6.45, 7) is 0. The van der Waals surface area contributed by atoms with Gasteiger partial charge in [0.1, 0.15) is 0 Å². The monoisotopic (exact) mass is 636 g/mol. The highest BCUT2D eigenvalue weighted by atomic mass is 15.0. The minimum atomic E-state index is 1.15. The lowest BCUT2D eigenvalue weighted by atomic mass is 10.00. The molecule has 0 saturated carbocycles. The van der Waals surface area contributed by atoms with Crippen molar-refractivity contribution >= 4 is 43.6 Å². The van der Waals surface area contributed by atoms with Crippen molar-refractivity contribution in [3.8, 4) is 44.8 Å². The molecule has 50 heavy (non-hydrogen) atoms. The molecule has 0 N–H and O–H groups in total. The first kappa shape index (κ1) is 28.4. The van der Waals surface area contributed by atoms with Gasteiger partial charge >= 0.3 is 0 Å². The number of nitrogens with zero attached hydrogens (tertiary/aromatic N) is 2. The molecule has 234 valence electrons. The van der Waals surface area contributed by atoms with Crippen LogP contribution in [0.1, 0.15) is 0 Å². The first-order valence-corrected chi connectivity index (χ1v) is 17.2. The van der Waals surface area contributed by atoms with E-state index in [9.17, 15) is 0 Å². The maximum absolute atomic E-state index is 2.45. The molecule has 0 radical (unpaired) electrons. The zero-order chi connectivity index (χ0) is 33.0. The van der Waals surface area contributed by atoms with E-state index in [2.05, 4.69) is 203 Å². The van der Waals surface area contributed by atoms with Crippen molar-refractivity contribution in [2.75, 3.05) is 0 Å². The first-order chi connectivity index (χ1) is 24.8. The highest BCUT2D eigenvalue weighted by Gasteiger charge is 2.19. The van der Waals surface area contributed by atoms with Crippen molar-refractivity contribution in [3.05, 3.63) is 194 Å². The summed E-state index contributed by atoms with van der Waals surface area (Å²) in [4.78, 5) is 0. The molecule has 0 unspecified atom stereocenters. The van der Waals surface area contributed by atoms with Gasteiger partial charge in [-0.25, -0.2) is 0 Å². The highest BCUT2D eigenvalue weighted by Crippen LogP contribution is 2.41. The largest absolute Gasteiger partial charge is 0.309 e. The zero-order valence-corrected chi connectivity index (χ0v) is 27.4.